The van der Waals surface area contributed by atoms with E-state index >= 15 is 0 Å². The minimum Gasteiger partial charge on any atom is -0.423 e. The number of hydrogen-bond acceptors (Lipinski definition) is 2. The van der Waals surface area contributed by atoms with Gasteiger partial charge in [-0.15, -0.1) is 0 Å². The minimum absolute atomic E-state index is 0.196. The zero-order valence-electron chi connectivity index (χ0n) is 9.21. The number of fused-ring (bicyclic) bond motifs is 1. The lowest BCUT2D eigenvalue weighted by atomic mass is 10.1. The van der Waals surface area contributed by atoms with E-state index in [1.165, 1.54) is 6.07 Å². The summed E-state index contributed by atoms with van der Waals surface area (Å²) < 4.78 is 5.48. The molecule has 0 radical (unpaired) electrons. The van der Waals surface area contributed by atoms with E-state index in [1.807, 2.05) is 12.1 Å². The first-order valence-electron chi connectivity index (χ1n) is 5.52. The average molecular weight is 271 g/mol. The van der Waals surface area contributed by atoms with E-state index < -0.39 is 0 Å². The summed E-state index contributed by atoms with van der Waals surface area (Å²) in [4.78, 5) is 11.3. The van der Waals surface area contributed by atoms with Crippen LogP contribution in [0.2, 0.25) is 0 Å². The highest BCUT2D eigenvalue weighted by Crippen LogP contribution is 2.29. The smallest absolute Gasteiger partial charge is 0.336 e. The van der Waals surface area contributed by atoms with Gasteiger partial charge in [0.15, 0.2) is 0 Å². The van der Waals surface area contributed by atoms with Gasteiger partial charge in [-0.1, -0.05) is 29.3 Å². The van der Waals surface area contributed by atoms with Crippen LogP contribution < -0.4 is 5.63 Å². The number of allylic oxidation sites excluding steroid dienone is 3. The van der Waals surface area contributed by atoms with Crippen LogP contribution >= 0.6 is 23.2 Å². The second-order valence-electron chi connectivity index (χ2n) is 3.96. The van der Waals surface area contributed by atoms with Crippen LogP contribution in [0.15, 0.2) is 38.0 Å². The third kappa shape index (κ3) is 3.24. The molecule has 2 nitrogen and oxygen atoms in total. The van der Waals surface area contributed by atoms with E-state index in [0.29, 0.717) is 5.76 Å². The van der Waals surface area contributed by atoms with Gasteiger partial charge in [-0.25, -0.2) is 4.79 Å². The lowest BCUT2D eigenvalue weighted by Gasteiger charge is -2.05. The van der Waals surface area contributed by atoms with Gasteiger partial charge in [-0.2, -0.15) is 0 Å². The van der Waals surface area contributed by atoms with Crippen LogP contribution in [0.4, 0.5) is 0 Å². The normalized spacial score (nSPS) is 17.4. The van der Waals surface area contributed by atoms with Crippen LogP contribution in [0.5, 0.6) is 0 Å². The van der Waals surface area contributed by atoms with Crippen molar-refractivity contribution in [1.82, 2.24) is 0 Å². The molecule has 0 atom stereocenters. The molecule has 0 aromatic carbocycles. The Balaban J connectivity index is 2.49. The Hall–Kier alpha value is -0.990. The first-order chi connectivity index (χ1) is 8.16. The van der Waals surface area contributed by atoms with Crippen molar-refractivity contribution < 1.29 is 4.42 Å². The molecule has 0 spiro atoms. The average Bonchev–Trinajstić information content (AvgIpc) is 2.48. The molecule has 1 aliphatic carbocycles. The maximum absolute atomic E-state index is 11.3. The lowest BCUT2D eigenvalue weighted by Crippen LogP contribution is -2.01. The molecule has 0 aliphatic heterocycles. The highest BCUT2D eigenvalue weighted by molar-refractivity contribution is 6.56. The fourth-order valence-corrected chi connectivity index (χ4v) is 2.11. The van der Waals surface area contributed by atoms with Gasteiger partial charge in [-0.3, -0.25) is 0 Å². The van der Waals surface area contributed by atoms with Gasteiger partial charge in [0.1, 0.15) is 10.3 Å². The molecular formula is C13H12Cl2O2. The third-order valence-corrected chi connectivity index (χ3v) is 3.01. The Morgan fingerprint density at radius 2 is 2.00 bits per heavy atom. The summed E-state index contributed by atoms with van der Waals surface area (Å²) in [5.74, 6) is 0.681. The molecule has 90 valence electrons. The second-order valence-corrected chi connectivity index (χ2v) is 4.97. The topological polar surface area (TPSA) is 30.2 Å². The molecule has 0 fully saturated rings. The summed E-state index contributed by atoms with van der Waals surface area (Å²) in [5, 5.41) is 0. The van der Waals surface area contributed by atoms with Gasteiger partial charge < -0.3 is 4.42 Å². The predicted molar refractivity (Wildman–Crippen MR) is 70.3 cm³/mol. The van der Waals surface area contributed by atoms with Crippen LogP contribution in [-0.2, 0) is 6.42 Å². The summed E-state index contributed by atoms with van der Waals surface area (Å²) in [6, 6.07) is 3.30. The fourth-order valence-electron chi connectivity index (χ4n) is 1.98. The Morgan fingerprint density at radius 1 is 1.24 bits per heavy atom. The molecule has 4 heteroatoms. The Labute approximate surface area is 110 Å². The Morgan fingerprint density at radius 3 is 2.76 bits per heavy atom. The summed E-state index contributed by atoms with van der Waals surface area (Å²) >= 11 is 11.2. The van der Waals surface area contributed by atoms with E-state index in [0.717, 1.165) is 36.8 Å². The second kappa shape index (κ2) is 5.56. The van der Waals surface area contributed by atoms with E-state index in [2.05, 4.69) is 0 Å². The largest absolute Gasteiger partial charge is 0.423 e. The fraction of sp³-hybridized carbons (Fsp3) is 0.308. The zero-order valence-corrected chi connectivity index (χ0v) is 10.7. The lowest BCUT2D eigenvalue weighted by molar-refractivity contribution is 0.490. The minimum atomic E-state index is -0.322. The van der Waals surface area contributed by atoms with Gasteiger partial charge in [0, 0.05) is 6.07 Å². The van der Waals surface area contributed by atoms with Crippen molar-refractivity contribution >= 4 is 28.8 Å². The van der Waals surface area contributed by atoms with E-state index in [1.54, 1.807) is 6.08 Å². The van der Waals surface area contributed by atoms with Crippen LogP contribution in [0, 0.1) is 0 Å². The van der Waals surface area contributed by atoms with Crippen molar-refractivity contribution in [2.24, 2.45) is 0 Å². The third-order valence-electron chi connectivity index (χ3n) is 2.76. The van der Waals surface area contributed by atoms with Gasteiger partial charge in [-0.05, 0) is 49.0 Å². The number of rotatable bonds is 1. The van der Waals surface area contributed by atoms with Gasteiger partial charge in [0.05, 0.1) is 0 Å². The van der Waals surface area contributed by atoms with Crippen molar-refractivity contribution in [3.05, 3.63) is 50.5 Å². The predicted octanol–water partition coefficient (Wildman–Crippen LogP) is 4.07. The molecule has 1 aromatic rings. The highest BCUT2D eigenvalue weighted by atomic mass is 35.5. The molecule has 1 aliphatic rings. The molecule has 0 N–H and O–H groups in total. The van der Waals surface area contributed by atoms with Crippen molar-refractivity contribution in [3.8, 4) is 0 Å². The summed E-state index contributed by atoms with van der Waals surface area (Å²) in [6.45, 7) is 0. The van der Waals surface area contributed by atoms with Crippen LogP contribution in [0.25, 0.3) is 5.57 Å². The van der Waals surface area contributed by atoms with E-state index in [9.17, 15) is 4.79 Å². The summed E-state index contributed by atoms with van der Waals surface area (Å²) in [7, 11) is 0. The first kappa shape index (κ1) is 12.5. The quantitative estimate of drug-likeness (QED) is 0.721. The van der Waals surface area contributed by atoms with Gasteiger partial charge in [0.2, 0.25) is 0 Å². The van der Waals surface area contributed by atoms with Crippen molar-refractivity contribution in [2.75, 3.05) is 0 Å². The van der Waals surface area contributed by atoms with Crippen molar-refractivity contribution in [2.45, 2.75) is 25.7 Å². The molecule has 0 bridgehead atoms. The number of aryl methyl sites for hydroxylation is 1. The number of hydrogen-bond donors (Lipinski definition) is 0. The van der Waals surface area contributed by atoms with Crippen LogP contribution in [0.1, 0.15) is 30.6 Å². The first-order valence-corrected chi connectivity index (χ1v) is 6.27. The zero-order chi connectivity index (χ0) is 12.3. The molecule has 0 unspecified atom stereocenters. The molecule has 0 saturated carbocycles. The molecule has 0 amide bonds. The molecule has 0 saturated heterocycles. The standard InChI is InChI=1S/C13H12Cl2O2/c14-11(15)7-5-9-3-1-2-4-10-6-8-12(16)17-13(9)10/h5-8H,1-4H2. The molecule has 1 heterocycles. The van der Waals surface area contributed by atoms with Crippen LogP contribution in [-0.4, -0.2) is 0 Å². The maximum atomic E-state index is 11.3. The Bertz CT molecular complexity index is 522. The monoisotopic (exact) mass is 270 g/mol. The molecular weight excluding hydrogens is 259 g/mol. The summed E-state index contributed by atoms with van der Waals surface area (Å²) in [5.41, 5.74) is 1.74. The highest BCUT2D eigenvalue weighted by Gasteiger charge is 2.14. The molecule has 2 rings (SSSR count). The summed E-state index contributed by atoms with van der Waals surface area (Å²) in [6.07, 6.45) is 7.41. The van der Waals surface area contributed by atoms with Gasteiger partial charge in [0.25, 0.3) is 0 Å². The SMILES string of the molecule is O=c1ccc2c(o1)C(=CC=C(Cl)Cl)CCCC2. The Kier molecular flexibility index (Phi) is 4.08. The van der Waals surface area contributed by atoms with Crippen molar-refractivity contribution in [1.29, 1.82) is 0 Å². The number of halogens is 2. The van der Waals surface area contributed by atoms with Crippen LogP contribution in [0.3, 0.4) is 0 Å². The van der Waals surface area contributed by atoms with E-state index in [4.69, 9.17) is 27.6 Å². The molecule has 17 heavy (non-hydrogen) atoms. The maximum Gasteiger partial charge on any atom is 0.336 e. The van der Waals surface area contributed by atoms with E-state index in [-0.39, 0.29) is 10.1 Å². The van der Waals surface area contributed by atoms with Crippen molar-refractivity contribution in [3.63, 3.8) is 0 Å². The van der Waals surface area contributed by atoms with Gasteiger partial charge >= 0.3 is 5.63 Å². The molecule has 1 aromatic heterocycles.